The lowest BCUT2D eigenvalue weighted by Crippen LogP contribution is -2.39. The lowest BCUT2D eigenvalue weighted by Gasteiger charge is -2.26. The number of ether oxygens (including phenoxy) is 1. The quantitative estimate of drug-likeness (QED) is 0.717. The molecule has 0 aliphatic rings. The molecule has 0 N–H and O–H groups in total. The van der Waals surface area contributed by atoms with Gasteiger partial charge in [0.05, 0.1) is 6.61 Å². The molecule has 0 radical (unpaired) electrons. The van der Waals surface area contributed by atoms with Crippen molar-refractivity contribution in [2.24, 2.45) is 0 Å². The molecule has 0 bridgehead atoms. The first kappa shape index (κ1) is 16.0. The van der Waals surface area contributed by atoms with Crippen LogP contribution in [-0.4, -0.2) is 30.6 Å². The largest absolute Gasteiger partial charge is 0.465 e. The highest BCUT2D eigenvalue weighted by atomic mass is 35.5. The fourth-order valence-corrected chi connectivity index (χ4v) is 2.23. The van der Waals surface area contributed by atoms with E-state index in [1.807, 2.05) is 43.1 Å². The van der Waals surface area contributed by atoms with Gasteiger partial charge in [0.2, 0.25) is 0 Å². The van der Waals surface area contributed by atoms with Crippen molar-refractivity contribution in [3.63, 3.8) is 0 Å². The Labute approximate surface area is 120 Å². The fourth-order valence-electron chi connectivity index (χ4n) is 2.04. The first-order chi connectivity index (χ1) is 9.10. The summed E-state index contributed by atoms with van der Waals surface area (Å²) in [6.07, 6.45) is 1.73. The number of hydrogen-bond acceptors (Lipinski definition) is 3. The molecule has 19 heavy (non-hydrogen) atoms. The summed E-state index contributed by atoms with van der Waals surface area (Å²) in [7, 11) is 1.93. The molecule has 1 aromatic rings. The van der Waals surface area contributed by atoms with Gasteiger partial charge in [-0.2, -0.15) is 0 Å². The molecule has 1 unspecified atom stereocenters. The van der Waals surface area contributed by atoms with E-state index in [4.69, 9.17) is 16.3 Å². The number of nitrogens with zero attached hydrogens (tertiary/aromatic N) is 1. The van der Waals surface area contributed by atoms with Gasteiger partial charge in [0.15, 0.2) is 0 Å². The normalized spacial score (nSPS) is 12.5. The van der Waals surface area contributed by atoms with Crippen molar-refractivity contribution in [1.29, 1.82) is 0 Å². The average molecular weight is 284 g/mol. The van der Waals surface area contributed by atoms with Crippen LogP contribution in [0.15, 0.2) is 24.3 Å². The Balaban J connectivity index is 2.74. The van der Waals surface area contributed by atoms with Crippen molar-refractivity contribution >= 4 is 17.6 Å². The van der Waals surface area contributed by atoms with Crippen LogP contribution < -0.4 is 0 Å². The minimum Gasteiger partial charge on any atom is -0.465 e. The summed E-state index contributed by atoms with van der Waals surface area (Å²) < 4.78 is 5.13. The monoisotopic (exact) mass is 283 g/mol. The Bertz CT molecular complexity index is 409. The SMILES string of the molecule is CCCC(C(=O)OCC)N(C)Cc1ccccc1Cl. The van der Waals surface area contributed by atoms with Gasteiger partial charge < -0.3 is 4.74 Å². The second-order valence-corrected chi connectivity index (χ2v) is 4.97. The van der Waals surface area contributed by atoms with Gasteiger partial charge in [0.1, 0.15) is 6.04 Å². The standard InChI is InChI=1S/C15H22ClNO2/c1-4-8-14(15(18)19-5-2)17(3)11-12-9-6-7-10-13(12)16/h6-7,9-10,14H,4-5,8,11H2,1-3H3. The highest BCUT2D eigenvalue weighted by molar-refractivity contribution is 6.31. The van der Waals surface area contributed by atoms with Crippen LogP contribution in [0, 0.1) is 0 Å². The average Bonchev–Trinajstić information content (AvgIpc) is 2.38. The molecule has 1 aromatic carbocycles. The van der Waals surface area contributed by atoms with Gasteiger partial charge in [-0.15, -0.1) is 0 Å². The van der Waals surface area contributed by atoms with E-state index in [2.05, 4.69) is 6.92 Å². The Hall–Kier alpha value is -1.06. The number of carbonyl (C=O) groups excluding carboxylic acids is 1. The van der Waals surface area contributed by atoms with E-state index in [1.54, 1.807) is 0 Å². The van der Waals surface area contributed by atoms with Crippen molar-refractivity contribution in [2.75, 3.05) is 13.7 Å². The van der Waals surface area contributed by atoms with Crippen LogP contribution in [0.5, 0.6) is 0 Å². The first-order valence-electron chi connectivity index (χ1n) is 6.70. The molecule has 4 heteroatoms. The zero-order valence-corrected chi connectivity index (χ0v) is 12.6. The Morgan fingerprint density at radius 2 is 2.05 bits per heavy atom. The number of halogens is 1. The second-order valence-electron chi connectivity index (χ2n) is 4.56. The number of likely N-dealkylation sites (N-methyl/N-ethyl adjacent to an activating group) is 1. The third kappa shape index (κ3) is 4.84. The zero-order valence-electron chi connectivity index (χ0n) is 11.9. The summed E-state index contributed by atoms with van der Waals surface area (Å²) in [5.74, 6) is -0.154. The molecule has 0 saturated heterocycles. The number of esters is 1. The van der Waals surface area contributed by atoms with Gasteiger partial charge in [0.25, 0.3) is 0 Å². The van der Waals surface area contributed by atoms with E-state index >= 15 is 0 Å². The van der Waals surface area contributed by atoms with Crippen molar-refractivity contribution in [2.45, 2.75) is 39.3 Å². The van der Waals surface area contributed by atoms with Gasteiger partial charge in [-0.25, -0.2) is 0 Å². The lowest BCUT2D eigenvalue weighted by molar-refractivity contribution is -0.149. The first-order valence-corrected chi connectivity index (χ1v) is 7.08. The fraction of sp³-hybridized carbons (Fsp3) is 0.533. The molecule has 0 spiro atoms. The Morgan fingerprint density at radius 3 is 2.63 bits per heavy atom. The molecule has 0 saturated carbocycles. The molecule has 3 nitrogen and oxygen atoms in total. The molecule has 0 aromatic heterocycles. The van der Waals surface area contributed by atoms with Crippen LogP contribution in [0.1, 0.15) is 32.3 Å². The Morgan fingerprint density at radius 1 is 1.37 bits per heavy atom. The number of hydrogen-bond donors (Lipinski definition) is 0. The molecule has 0 aliphatic carbocycles. The van der Waals surface area contributed by atoms with Gasteiger partial charge >= 0.3 is 5.97 Å². The zero-order chi connectivity index (χ0) is 14.3. The molecular weight excluding hydrogens is 262 g/mol. The summed E-state index contributed by atoms with van der Waals surface area (Å²) in [6, 6.07) is 7.49. The van der Waals surface area contributed by atoms with Crippen LogP contribution in [0.4, 0.5) is 0 Å². The molecular formula is C15H22ClNO2. The molecule has 1 atom stereocenters. The van der Waals surface area contributed by atoms with E-state index in [0.29, 0.717) is 13.2 Å². The Kier molecular flexibility index (Phi) is 6.89. The molecule has 0 heterocycles. The predicted octanol–water partition coefficient (Wildman–Crippen LogP) is 3.50. The van der Waals surface area contributed by atoms with E-state index < -0.39 is 0 Å². The van der Waals surface area contributed by atoms with Crippen molar-refractivity contribution in [3.05, 3.63) is 34.9 Å². The van der Waals surface area contributed by atoms with Crippen molar-refractivity contribution < 1.29 is 9.53 Å². The summed E-state index contributed by atoms with van der Waals surface area (Å²) in [4.78, 5) is 14.0. The number of carbonyl (C=O) groups is 1. The van der Waals surface area contributed by atoms with Crippen molar-refractivity contribution in [1.82, 2.24) is 4.90 Å². The van der Waals surface area contributed by atoms with Crippen LogP contribution in [0.25, 0.3) is 0 Å². The molecule has 0 amide bonds. The van der Waals surface area contributed by atoms with Crippen LogP contribution in [0.3, 0.4) is 0 Å². The van der Waals surface area contributed by atoms with Crippen LogP contribution in [0.2, 0.25) is 5.02 Å². The second kappa shape index (κ2) is 8.18. The molecule has 106 valence electrons. The van der Waals surface area contributed by atoms with Crippen LogP contribution in [-0.2, 0) is 16.1 Å². The maximum atomic E-state index is 12.0. The molecule has 0 aliphatic heterocycles. The minimum atomic E-state index is -0.207. The maximum absolute atomic E-state index is 12.0. The van der Waals surface area contributed by atoms with Gasteiger partial charge in [-0.05, 0) is 32.0 Å². The lowest BCUT2D eigenvalue weighted by atomic mass is 10.1. The maximum Gasteiger partial charge on any atom is 0.323 e. The molecule has 1 rings (SSSR count). The number of benzene rings is 1. The highest BCUT2D eigenvalue weighted by Crippen LogP contribution is 2.19. The summed E-state index contributed by atoms with van der Waals surface area (Å²) >= 11 is 6.15. The van der Waals surface area contributed by atoms with E-state index in [-0.39, 0.29) is 12.0 Å². The minimum absolute atomic E-state index is 0.154. The van der Waals surface area contributed by atoms with E-state index in [9.17, 15) is 4.79 Å². The summed E-state index contributed by atoms with van der Waals surface area (Å²) in [5, 5.41) is 0.730. The third-order valence-electron chi connectivity index (χ3n) is 3.03. The van der Waals surface area contributed by atoms with Gasteiger partial charge in [0, 0.05) is 11.6 Å². The van der Waals surface area contributed by atoms with Gasteiger partial charge in [-0.1, -0.05) is 43.1 Å². The number of rotatable bonds is 7. The smallest absolute Gasteiger partial charge is 0.323 e. The molecule has 0 fully saturated rings. The van der Waals surface area contributed by atoms with E-state index in [0.717, 1.165) is 23.4 Å². The summed E-state index contributed by atoms with van der Waals surface area (Å²) in [5.41, 5.74) is 1.03. The summed E-state index contributed by atoms with van der Waals surface area (Å²) in [6.45, 7) is 4.95. The van der Waals surface area contributed by atoms with Crippen LogP contribution >= 0.6 is 11.6 Å². The van der Waals surface area contributed by atoms with Gasteiger partial charge in [-0.3, -0.25) is 9.69 Å². The topological polar surface area (TPSA) is 29.5 Å². The predicted molar refractivity (Wildman–Crippen MR) is 78.2 cm³/mol. The van der Waals surface area contributed by atoms with Crippen molar-refractivity contribution in [3.8, 4) is 0 Å². The van der Waals surface area contributed by atoms with E-state index in [1.165, 1.54) is 0 Å². The third-order valence-corrected chi connectivity index (χ3v) is 3.40. The highest BCUT2D eigenvalue weighted by Gasteiger charge is 2.23.